The predicted molar refractivity (Wildman–Crippen MR) is 76.0 cm³/mol. The summed E-state index contributed by atoms with van der Waals surface area (Å²) >= 11 is 0. The molecule has 0 radical (unpaired) electrons. The number of nitrogens with one attached hydrogen (secondary N) is 2. The number of aryl methyl sites for hydroxylation is 1. The number of carbonyl (C=O) groups is 1. The fourth-order valence-corrected chi connectivity index (χ4v) is 1.89. The first kappa shape index (κ1) is 15.9. The van der Waals surface area contributed by atoms with E-state index in [2.05, 4.69) is 15.8 Å². The van der Waals surface area contributed by atoms with Crippen molar-refractivity contribution in [3.05, 3.63) is 52.9 Å². The number of hydrogen-bond donors (Lipinski definition) is 2. The molecule has 0 fully saturated rings. The van der Waals surface area contributed by atoms with E-state index in [0.717, 1.165) is 24.2 Å². The van der Waals surface area contributed by atoms with Gasteiger partial charge in [0.2, 0.25) is 0 Å². The van der Waals surface area contributed by atoms with Crippen LogP contribution >= 0.6 is 0 Å². The second-order valence-electron chi connectivity index (χ2n) is 4.86. The van der Waals surface area contributed by atoms with Gasteiger partial charge in [-0.15, -0.1) is 0 Å². The molecule has 7 heteroatoms. The van der Waals surface area contributed by atoms with Gasteiger partial charge in [-0.25, -0.2) is 13.6 Å². The Hall–Kier alpha value is -2.44. The number of amides is 2. The molecule has 1 heterocycles. The van der Waals surface area contributed by atoms with Crippen LogP contribution in [0.3, 0.4) is 0 Å². The maximum absolute atomic E-state index is 13.2. The third-order valence-corrected chi connectivity index (χ3v) is 3.18. The molecule has 2 aromatic rings. The summed E-state index contributed by atoms with van der Waals surface area (Å²) in [6.45, 7) is 3.82. The molecule has 118 valence electrons. The van der Waals surface area contributed by atoms with Gasteiger partial charge < -0.3 is 15.2 Å². The van der Waals surface area contributed by atoms with Gasteiger partial charge in [0.15, 0.2) is 17.4 Å². The molecule has 0 bridgehead atoms. The average Bonchev–Trinajstić information content (AvgIpc) is 2.96. The van der Waals surface area contributed by atoms with Crippen molar-refractivity contribution in [1.82, 2.24) is 15.8 Å². The van der Waals surface area contributed by atoms with Gasteiger partial charge in [0.25, 0.3) is 0 Å². The monoisotopic (exact) mass is 309 g/mol. The lowest BCUT2D eigenvalue weighted by atomic mass is 10.1. The molecule has 0 saturated heterocycles. The molecule has 2 amide bonds. The lowest BCUT2D eigenvalue weighted by Crippen LogP contribution is -2.36. The highest BCUT2D eigenvalue weighted by Crippen LogP contribution is 2.15. The van der Waals surface area contributed by atoms with Crippen molar-refractivity contribution >= 4 is 6.03 Å². The Balaban J connectivity index is 1.86. The van der Waals surface area contributed by atoms with Crippen molar-refractivity contribution in [1.29, 1.82) is 0 Å². The Bertz CT molecular complexity index is 658. The van der Waals surface area contributed by atoms with Crippen LogP contribution in [0.25, 0.3) is 0 Å². The van der Waals surface area contributed by atoms with Gasteiger partial charge >= 0.3 is 6.03 Å². The summed E-state index contributed by atoms with van der Waals surface area (Å²) in [6.07, 6.45) is 0.753. The van der Waals surface area contributed by atoms with E-state index in [-0.39, 0.29) is 6.54 Å². The molecule has 2 N–H and O–H groups in total. The third-order valence-electron chi connectivity index (χ3n) is 3.18. The fourth-order valence-electron chi connectivity index (χ4n) is 1.89. The van der Waals surface area contributed by atoms with E-state index in [1.165, 1.54) is 6.07 Å². The minimum atomic E-state index is -0.944. The molecule has 0 aliphatic heterocycles. The molecule has 5 nitrogen and oxygen atoms in total. The van der Waals surface area contributed by atoms with Crippen LogP contribution in [0.1, 0.15) is 36.9 Å². The third kappa shape index (κ3) is 4.03. The summed E-state index contributed by atoms with van der Waals surface area (Å²) in [5, 5.41) is 9.06. The second kappa shape index (κ2) is 7.02. The molecule has 1 aromatic carbocycles. The predicted octanol–water partition coefficient (Wildman–Crippen LogP) is 3.08. The van der Waals surface area contributed by atoms with Crippen LogP contribution in [0, 0.1) is 11.6 Å². The average molecular weight is 309 g/mol. The molecule has 1 atom stereocenters. The first-order chi connectivity index (χ1) is 10.5. The number of aromatic nitrogens is 1. The van der Waals surface area contributed by atoms with Gasteiger partial charge in [-0.1, -0.05) is 18.1 Å². The standard InChI is InChI=1S/C15H17F2N3O2/c1-3-11-7-12(22-20-11)8-18-15(21)19-9(2)10-4-5-13(16)14(17)6-10/h4-7,9H,3,8H2,1-2H3,(H2,18,19,21). The SMILES string of the molecule is CCc1cc(CNC(=O)NC(C)c2ccc(F)c(F)c2)on1. The van der Waals surface area contributed by atoms with Crippen molar-refractivity contribution in [2.45, 2.75) is 32.9 Å². The van der Waals surface area contributed by atoms with E-state index in [1.54, 1.807) is 13.0 Å². The summed E-state index contributed by atoms with van der Waals surface area (Å²) in [7, 11) is 0. The van der Waals surface area contributed by atoms with Crippen LogP contribution in [-0.4, -0.2) is 11.2 Å². The van der Waals surface area contributed by atoms with Crippen LogP contribution in [0.15, 0.2) is 28.8 Å². The number of benzene rings is 1. The number of nitrogens with zero attached hydrogens (tertiary/aromatic N) is 1. The van der Waals surface area contributed by atoms with E-state index in [9.17, 15) is 13.6 Å². The molecular formula is C15H17F2N3O2. The van der Waals surface area contributed by atoms with Gasteiger partial charge in [0.1, 0.15) is 0 Å². The Morgan fingerprint density at radius 2 is 2.09 bits per heavy atom. The maximum atomic E-state index is 13.2. The highest BCUT2D eigenvalue weighted by atomic mass is 19.2. The summed E-state index contributed by atoms with van der Waals surface area (Å²) in [5.74, 6) is -1.31. The topological polar surface area (TPSA) is 67.2 Å². The molecule has 0 aliphatic carbocycles. The fraction of sp³-hybridized carbons (Fsp3) is 0.333. The first-order valence-corrected chi connectivity index (χ1v) is 6.93. The Morgan fingerprint density at radius 1 is 1.32 bits per heavy atom. The van der Waals surface area contributed by atoms with Gasteiger partial charge in [-0.3, -0.25) is 0 Å². The molecule has 0 aliphatic rings. The largest absolute Gasteiger partial charge is 0.359 e. The maximum Gasteiger partial charge on any atom is 0.315 e. The Labute approximate surface area is 126 Å². The lowest BCUT2D eigenvalue weighted by Gasteiger charge is -2.14. The minimum Gasteiger partial charge on any atom is -0.359 e. The van der Waals surface area contributed by atoms with Gasteiger partial charge in [0.05, 0.1) is 18.3 Å². The minimum absolute atomic E-state index is 0.198. The van der Waals surface area contributed by atoms with Crippen molar-refractivity contribution in [3.8, 4) is 0 Å². The van der Waals surface area contributed by atoms with Crippen molar-refractivity contribution in [2.24, 2.45) is 0 Å². The zero-order valence-corrected chi connectivity index (χ0v) is 12.3. The van der Waals surface area contributed by atoms with Crippen LogP contribution in [0.5, 0.6) is 0 Å². The van der Waals surface area contributed by atoms with Gasteiger partial charge in [-0.2, -0.15) is 0 Å². The highest BCUT2D eigenvalue weighted by Gasteiger charge is 2.12. The van der Waals surface area contributed by atoms with E-state index >= 15 is 0 Å². The van der Waals surface area contributed by atoms with Gasteiger partial charge in [0, 0.05) is 6.07 Å². The zero-order valence-electron chi connectivity index (χ0n) is 12.3. The number of urea groups is 1. The first-order valence-electron chi connectivity index (χ1n) is 6.93. The molecule has 22 heavy (non-hydrogen) atoms. The molecule has 0 spiro atoms. The number of carbonyl (C=O) groups excluding carboxylic acids is 1. The molecule has 1 aromatic heterocycles. The zero-order chi connectivity index (χ0) is 16.1. The van der Waals surface area contributed by atoms with Crippen LogP contribution < -0.4 is 10.6 Å². The van der Waals surface area contributed by atoms with Gasteiger partial charge in [-0.05, 0) is 31.0 Å². The quantitative estimate of drug-likeness (QED) is 0.892. The van der Waals surface area contributed by atoms with E-state index in [4.69, 9.17) is 4.52 Å². The lowest BCUT2D eigenvalue weighted by molar-refractivity contribution is 0.235. The molecular weight excluding hydrogens is 292 g/mol. The normalized spacial score (nSPS) is 12.0. The van der Waals surface area contributed by atoms with E-state index < -0.39 is 23.7 Å². The van der Waals surface area contributed by atoms with Crippen molar-refractivity contribution < 1.29 is 18.1 Å². The second-order valence-corrected chi connectivity index (χ2v) is 4.86. The molecule has 2 rings (SSSR count). The summed E-state index contributed by atoms with van der Waals surface area (Å²) in [4.78, 5) is 11.8. The van der Waals surface area contributed by atoms with E-state index in [1.807, 2.05) is 6.92 Å². The number of hydrogen-bond acceptors (Lipinski definition) is 3. The number of halogens is 2. The van der Waals surface area contributed by atoms with Crippen molar-refractivity contribution in [3.63, 3.8) is 0 Å². The summed E-state index contributed by atoms with van der Waals surface area (Å²) in [6, 6.07) is 4.38. The van der Waals surface area contributed by atoms with Crippen LogP contribution in [0.2, 0.25) is 0 Å². The highest BCUT2D eigenvalue weighted by molar-refractivity contribution is 5.74. The van der Waals surface area contributed by atoms with E-state index in [0.29, 0.717) is 11.3 Å². The Morgan fingerprint density at radius 3 is 2.73 bits per heavy atom. The van der Waals surface area contributed by atoms with Crippen LogP contribution in [-0.2, 0) is 13.0 Å². The summed E-state index contributed by atoms with van der Waals surface area (Å²) < 4.78 is 31.1. The molecule has 0 saturated carbocycles. The smallest absolute Gasteiger partial charge is 0.315 e. The van der Waals surface area contributed by atoms with Crippen molar-refractivity contribution in [2.75, 3.05) is 0 Å². The summed E-state index contributed by atoms with van der Waals surface area (Å²) in [5.41, 5.74) is 1.29. The van der Waals surface area contributed by atoms with Crippen LogP contribution in [0.4, 0.5) is 13.6 Å². The Kier molecular flexibility index (Phi) is 5.08. The molecule has 1 unspecified atom stereocenters. The number of rotatable bonds is 5.